The molecule has 2 aliphatic heterocycles. The van der Waals surface area contributed by atoms with Crippen LogP contribution in [0.1, 0.15) is 141 Å². The summed E-state index contributed by atoms with van der Waals surface area (Å²) in [5, 5.41) is 24.4. The van der Waals surface area contributed by atoms with E-state index in [9.17, 15) is 74.4 Å². The van der Waals surface area contributed by atoms with Crippen LogP contribution in [0.25, 0.3) is 21.3 Å². The zero-order valence-electron chi connectivity index (χ0n) is 63.7. The number of Topliss-reactive ketones (excluding diaryl/α,β-unsaturated/α-hetero) is 2. The van der Waals surface area contributed by atoms with Gasteiger partial charge in [-0.05, 0) is 139 Å². The van der Waals surface area contributed by atoms with Crippen LogP contribution in [-0.4, -0.2) is 213 Å². The lowest BCUT2D eigenvalue weighted by atomic mass is 9.39. The number of thiazole rings is 1. The molecule has 2 unspecified atom stereocenters. The van der Waals surface area contributed by atoms with E-state index >= 15 is 0 Å². The standard InChI is InChI=1S/C78H96N12O20S3/c1-49(2)57(37-54(91)24-27-86(28-31-108-33-35-113(105,106)107)67(95)40-89-65(93)21-22-66(89)94)70(97)82-60(13-9-25-80-72(79)100)62(92)36-51-15-17-52(18-16-51)41-109-74(101)87(30-34-112(102,103)104)29-32-110-78-45-75(4)42-76(5,46-78)44-77(43-75,47-78)48-90-50(3)58(38-81-90)55-19-20-64(84-68(55)71(98)99)88-26-23-53-10-8-11-56(59(53)39-88)69(96)85-73-83-61-12-6-7-14-63(61)111-73/h6-8,10-12,14-22,38,49,57,60H,9,13,23-37,39-48H2,1-5H3,(H,82,97)(H,98,99)(H3,79,80,100)(H,83,85,96)(H,102,103,104)(H,105,106,107)/t57-,60-,75?,76?,77?,78?/m0/s1. The van der Waals surface area contributed by atoms with Gasteiger partial charge in [-0.25, -0.2) is 24.4 Å². The first-order valence-electron chi connectivity index (χ1n) is 37.6. The van der Waals surface area contributed by atoms with Crippen molar-refractivity contribution in [2.24, 2.45) is 33.8 Å². The number of aromatic nitrogens is 4. The monoisotopic (exact) mass is 1620 g/mol. The zero-order valence-corrected chi connectivity index (χ0v) is 66.2. The number of anilines is 2. The van der Waals surface area contributed by atoms with Gasteiger partial charge in [0, 0.05) is 112 Å². The molecule has 4 saturated carbocycles. The van der Waals surface area contributed by atoms with Gasteiger partial charge in [0.05, 0.1) is 59.4 Å². The number of fused-ring (bicyclic) bond motifs is 2. The van der Waals surface area contributed by atoms with Crippen molar-refractivity contribution in [2.45, 2.75) is 143 Å². The average molecular weight is 1620 g/mol. The maximum absolute atomic E-state index is 14.2. The first kappa shape index (κ1) is 84.0. The number of carboxylic acids is 1. The smallest absolute Gasteiger partial charge is 0.410 e. The third-order valence-corrected chi connectivity index (χ3v) is 24.2. The Kier molecular flexibility index (Phi) is 26.2. The summed E-state index contributed by atoms with van der Waals surface area (Å²) in [6.07, 6.45) is 7.74. The molecule has 4 aliphatic carbocycles. The number of ketones is 2. The van der Waals surface area contributed by atoms with Crippen molar-refractivity contribution in [3.05, 3.63) is 136 Å². The van der Waals surface area contributed by atoms with Gasteiger partial charge in [-0.3, -0.25) is 57.6 Å². The number of carbonyl (C=O) groups is 10. The first-order chi connectivity index (χ1) is 53.4. The number of pyridine rings is 1. The van der Waals surface area contributed by atoms with Crippen molar-refractivity contribution in [2.75, 3.05) is 87.4 Å². The first-order valence-corrected chi connectivity index (χ1v) is 41.6. The number of rotatable bonds is 39. The van der Waals surface area contributed by atoms with Crippen LogP contribution >= 0.6 is 11.3 Å². The maximum atomic E-state index is 14.2. The topological polar surface area (TPSA) is 446 Å². The van der Waals surface area contributed by atoms with Crippen LogP contribution in [0.15, 0.2) is 97.2 Å². The largest absolute Gasteiger partial charge is 0.476 e. The van der Waals surface area contributed by atoms with Crippen LogP contribution in [0.3, 0.4) is 0 Å². The van der Waals surface area contributed by atoms with Gasteiger partial charge in [0.15, 0.2) is 16.6 Å². The van der Waals surface area contributed by atoms with E-state index in [0.29, 0.717) is 76.1 Å². The Labute approximate surface area is 658 Å². The molecule has 0 radical (unpaired) electrons. The van der Waals surface area contributed by atoms with Gasteiger partial charge in [0.2, 0.25) is 11.8 Å². The highest BCUT2D eigenvalue weighted by molar-refractivity contribution is 7.86. The van der Waals surface area contributed by atoms with E-state index < -0.39 is 128 Å². The number of aromatic carboxylic acids is 1. The summed E-state index contributed by atoms with van der Waals surface area (Å²) >= 11 is 1.39. The molecular formula is C78H96N12O20S3. The van der Waals surface area contributed by atoms with Crippen LogP contribution in [0.4, 0.5) is 20.5 Å². The molecule has 4 atom stereocenters. The van der Waals surface area contributed by atoms with Gasteiger partial charge < -0.3 is 50.4 Å². The second-order valence-electron chi connectivity index (χ2n) is 31.4. The van der Waals surface area contributed by atoms with E-state index in [2.05, 4.69) is 34.8 Å². The van der Waals surface area contributed by atoms with Gasteiger partial charge >= 0.3 is 18.1 Å². The Morgan fingerprint density at radius 1 is 0.770 bits per heavy atom. The molecule has 113 heavy (non-hydrogen) atoms. The number of primary amides is 1. The molecule has 6 aromatic rings. The summed E-state index contributed by atoms with van der Waals surface area (Å²) < 4.78 is 86.5. The Bertz CT molecular complexity index is 4840. The zero-order chi connectivity index (χ0) is 81.4. The summed E-state index contributed by atoms with van der Waals surface area (Å²) in [5.74, 6) is -7.62. The number of nitrogens with zero attached hydrogens (tertiary/aromatic N) is 8. The predicted octanol–water partition coefficient (Wildman–Crippen LogP) is 7.36. The number of nitrogens with one attached hydrogen (secondary N) is 3. The number of nitrogens with two attached hydrogens (primary N) is 1. The molecule has 12 rings (SSSR count). The molecule has 606 valence electrons. The van der Waals surface area contributed by atoms with Crippen molar-refractivity contribution >= 4 is 112 Å². The van der Waals surface area contributed by atoms with Gasteiger partial charge in [-0.2, -0.15) is 21.9 Å². The third kappa shape index (κ3) is 21.7. The number of amides is 8. The number of ether oxygens (including phenoxy) is 3. The fourth-order valence-corrected chi connectivity index (χ4v) is 19.2. The highest BCUT2D eigenvalue weighted by Crippen LogP contribution is 2.72. The Morgan fingerprint density at radius 3 is 2.15 bits per heavy atom. The van der Waals surface area contributed by atoms with Crippen molar-refractivity contribution in [1.82, 2.24) is 45.1 Å². The highest BCUT2D eigenvalue weighted by atomic mass is 32.2. The van der Waals surface area contributed by atoms with Crippen LogP contribution < -0.4 is 26.6 Å². The molecule has 8 N–H and O–H groups in total. The summed E-state index contributed by atoms with van der Waals surface area (Å²) in [5.41, 5.74) is 9.84. The molecule has 5 heterocycles. The molecule has 0 spiro atoms. The second kappa shape index (κ2) is 35.2. The highest BCUT2D eigenvalue weighted by Gasteiger charge is 2.66. The van der Waals surface area contributed by atoms with Gasteiger partial charge in [-0.1, -0.05) is 87.6 Å². The van der Waals surface area contributed by atoms with Crippen molar-refractivity contribution in [3.8, 4) is 11.1 Å². The molecule has 35 heteroatoms. The fraction of sp³-hybridized carbons (Fsp3) is 0.500. The lowest BCUT2D eigenvalue weighted by Gasteiger charge is -2.69. The quantitative estimate of drug-likeness (QED) is 0.0112. The molecule has 8 amide bonds. The number of carbonyl (C=O) groups excluding carboxylic acids is 9. The molecule has 3 aromatic carbocycles. The normalized spacial score (nSPS) is 20.3. The fourth-order valence-electron chi connectivity index (χ4n) is 17.6. The number of para-hydroxylation sites is 1. The molecule has 3 aromatic heterocycles. The minimum absolute atomic E-state index is 0.00434. The molecule has 4 bridgehead atoms. The molecule has 4 fully saturated rings. The van der Waals surface area contributed by atoms with E-state index in [-0.39, 0.29) is 106 Å². The van der Waals surface area contributed by atoms with Crippen molar-refractivity contribution in [3.63, 3.8) is 0 Å². The van der Waals surface area contributed by atoms with Crippen molar-refractivity contribution < 1.29 is 93.2 Å². The Balaban J connectivity index is 0.696. The van der Waals surface area contributed by atoms with E-state index in [4.69, 9.17) is 34.6 Å². The number of carboxylic acid groups (broad SMARTS) is 1. The molecular weight excluding hydrogens is 1520 g/mol. The minimum atomic E-state index is -4.54. The van der Waals surface area contributed by atoms with Gasteiger partial charge in [0.25, 0.3) is 38.0 Å². The molecule has 6 aliphatic rings. The number of urea groups is 1. The number of imide groups is 1. The molecule has 0 saturated heterocycles. The lowest BCUT2D eigenvalue weighted by molar-refractivity contribution is -0.248. The minimum Gasteiger partial charge on any atom is -0.476 e. The number of hydrogen-bond acceptors (Lipinski definition) is 22. The van der Waals surface area contributed by atoms with Gasteiger partial charge in [-0.15, -0.1) is 0 Å². The average Bonchev–Trinajstić information content (AvgIpc) is 1.11. The summed E-state index contributed by atoms with van der Waals surface area (Å²) in [4.78, 5) is 147. The Hall–Kier alpha value is -9.91. The lowest BCUT2D eigenvalue weighted by Crippen LogP contribution is -2.64. The van der Waals surface area contributed by atoms with E-state index in [1.54, 1.807) is 56.4 Å². The van der Waals surface area contributed by atoms with E-state index in [1.807, 2.05) is 59.0 Å². The summed E-state index contributed by atoms with van der Waals surface area (Å²) in [6.45, 7) is 8.83. The summed E-state index contributed by atoms with van der Waals surface area (Å²) in [7, 11) is -8.89. The SMILES string of the molecule is Cc1c(-c2ccc(N3CCc4cccc(C(=O)Nc5nc6ccccc6s5)c4C3)nc2C(=O)O)cnn1CC12CC3(C)CC(C)(C1)CC(OCCN(CCS(=O)(=O)O)C(=O)OCc1ccc(CC(=O)[C@H](CCCNC(N)=O)NC(=O)[C@@H](CC(=O)CCN(CCOCCS(=O)(=O)O)C(=O)CN4C(=O)C=CC4=O)C(C)C)cc1)(C3)C2. The van der Waals surface area contributed by atoms with E-state index in [0.717, 1.165) is 76.2 Å². The molecule has 32 nitrogen and oxygen atoms in total. The van der Waals surface area contributed by atoms with Gasteiger partial charge in [0.1, 0.15) is 24.8 Å². The number of hydrogen-bond donors (Lipinski definition) is 7. The maximum Gasteiger partial charge on any atom is 0.410 e. The van der Waals surface area contributed by atoms with Crippen LogP contribution in [0.5, 0.6) is 0 Å². The number of benzene rings is 3. The van der Waals surface area contributed by atoms with Crippen LogP contribution in [-0.2, 0) is 95.8 Å². The summed E-state index contributed by atoms with van der Waals surface area (Å²) in [6, 6.07) is 21.5. The van der Waals surface area contributed by atoms with Crippen molar-refractivity contribution in [1.29, 1.82) is 0 Å². The van der Waals surface area contributed by atoms with Crippen LogP contribution in [0, 0.1) is 35.0 Å². The predicted molar refractivity (Wildman–Crippen MR) is 415 cm³/mol. The Morgan fingerprint density at radius 2 is 1.47 bits per heavy atom. The third-order valence-electron chi connectivity index (χ3n) is 21.8. The van der Waals surface area contributed by atoms with Crippen LogP contribution in [0.2, 0.25) is 0 Å². The second-order valence-corrected chi connectivity index (χ2v) is 35.6. The van der Waals surface area contributed by atoms with E-state index in [1.165, 1.54) is 16.2 Å².